The van der Waals surface area contributed by atoms with E-state index >= 15 is 0 Å². The lowest BCUT2D eigenvalue weighted by atomic mass is 10.2. The predicted molar refractivity (Wildman–Crippen MR) is 107 cm³/mol. The zero-order chi connectivity index (χ0) is 18.6. The van der Waals surface area contributed by atoms with Gasteiger partial charge in [-0.15, -0.1) is 10.2 Å². The van der Waals surface area contributed by atoms with Crippen LogP contribution in [0.15, 0.2) is 65.8 Å². The molecule has 1 N–H and O–H groups in total. The molecule has 0 bridgehead atoms. The second-order valence-electron chi connectivity index (χ2n) is 5.86. The smallest absolute Gasteiger partial charge is 0.234 e. The van der Waals surface area contributed by atoms with Crippen LogP contribution in [0.5, 0.6) is 5.75 Å². The summed E-state index contributed by atoms with van der Waals surface area (Å²) in [4.78, 5) is 12.3. The van der Waals surface area contributed by atoms with E-state index in [4.69, 9.17) is 4.74 Å². The van der Waals surface area contributed by atoms with Crippen LogP contribution < -0.4 is 10.1 Å². The number of hydrogen-bond donors (Lipinski definition) is 1. The molecule has 0 saturated carbocycles. The molecule has 4 aromatic rings. The van der Waals surface area contributed by atoms with Crippen molar-refractivity contribution in [2.45, 2.75) is 12.1 Å². The fourth-order valence-corrected chi connectivity index (χ4v) is 3.59. The van der Waals surface area contributed by atoms with Gasteiger partial charge in [-0.3, -0.25) is 9.20 Å². The minimum Gasteiger partial charge on any atom is -0.494 e. The second kappa shape index (κ2) is 7.67. The highest BCUT2D eigenvalue weighted by molar-refractivity contribution is 7.99. The third-order valence-electron chi connectivity index (χ3n) is 4.03. The van der Waals surface area contributed by atoms with Crippen LogP contribution in [0.2, 0.25) is 0 Å². The summed E-state index contributed by atoms with van der Waals surface area (Å²) < 4.78 is 7.38. The summed E-state index contributed by atoms with van der Waals surface area (Å²) >= 11 is 1.36. The second-order valence-corrected chi connectivity index (χ2v) is 6.81. The molecule has 0 aliphatic rings. The van der Waals surface area contributed by atoms with Gasteiger partial charge >= 0.3 is 0 Å². The van der Waals surface area contributed by atoms with Gasteiger partial charge in [0.25, 0.3) is 0 Å². The maximum Gasteiger partial charge on any atom is 0.234 e. The fraction of sp³-hybridized carbons (Fsp3) is 0.150. The molecule has 0 unspecified atom stereocenters. The number of nitrogens with zero attached hydrogens (tertiary/aromatic N) is 3. The lowest BCUT2D eigenvalue weighted by Crippen LogP contribution is -2.14. The van der Waals surface area contributed by atoms with E-state index in [-0.39, 0.29) is 11.7 Å². The number of rotatable bonds is 6. The average molecular weight is 378 g/mol. The van der Waals surface area contributed by atoms with Crippen LogP contribution in [0.3, 0.4) is 0 Å². The Morgan fingerprint density at radius 2 is 1.89 bits per heavy atom. The zero-order valence-electron chi connectivity index (χ0n) is 14.8. The normalized spacial score (nSPS) is 11.0. The van der Waals surface area contributed by atoms with Crippen LogP contribution in [0, 0.1) is 0 Å². The van der Waals surface area contributed by atoms with Gasteiger partial charge in [0, 0.05) is 5.69 Å². The molecule has 27 heavy (non-hydrogen) atoms. The molecule has 136 valence electrons. The van der Waals surface area contributed by atoms with E-state index < -0.39 is 0 Å². The molecule has 0 spiro atoms. The fourth-order valence-electron chi connectivity index (χ4n) is 2.83. The Kier molecular flexibility index (Phi) is 4.93. The third-order valence-corrected chi connectivity index (χ3v) is 4.96. The quantitative estimate of drug-likeness (QED) is 0.514. The standard InChI is InChI=1S/C20H18N4O2S/c1-2-26-16-10-8-15(9-11-16)21-19(25)13-27-20-23-22-18-12-7-14-5-3-4-6-17(14)24(18)20/h3-12H,2,13H2,1H3,(H,21,25). The number of para-hydroxylation sites is 1. The number of pyridine rings is 1. The van der Waals surface area contributed by atoms with Gasteiger partial charge < -0.3 is 10.1 Å². The molecule has 0 saturated heterocycles. The number of ether oxygens (including phenoxy) is 1. The monoisotopic (exact) mass is 378 g/mol. The van der Waals surface area contributed by atoms with Gasteiger partial charge in [0.05, 0.1) is 17.9 Å². The van der Waals surface area contributed by atoms with E-state index in [9.17, 15) is 4.79 Å². The van der Waals surface area contributed by atoms with E-state index in [2.05, 4.69) is 15.5 Å². The van der Waals surface area contributed by atoms with E-state index in [1.165, 1.54) is 11.8 Å². The van der Waals surface area contributed by atoms with E-state index in [0.717, 1.165) is 28.0 Å². The topological polar surface area (TPSA) is 68.5 Å². The van der Waals surface area contributed by atoms with Gasteiger partial charge in [-0.05, 0) is 54.8 Å². The van der Waals surface area contributed by atoms with Crippen LogP contribution in [-0.2, 0) is 4.79 Å². The zero-order valence-corrected chi connectivity index (χ0v) is 15.6. The molecular weight excluding hydrogens is 360 g/mol. The SMILES string of the molecule is CCOc1ccc(NC(=O)CSc2nnc3ccc4ccccc4n23)cc1. The van der Waals surface area contributed by atoms with E-state index in [1.54, 1.807) is 0 Å². The number of amides is 1. The molecule has 0 aliphatic carbocycles. The highest BCUT2D eigenvalue weighted by atomic mass is 32.2. The van der Waals surface area contributed by atoms with Crippen molar-refractivity contribution in [3.8, 4) is 5.75 Å². The minimum absolute atomic E-state index is 0.0962. The molecule has 0 radical (unpaired) electrons. The lowest BCUT2D eigenvalue weighted by Gasteiger charge is -2.07. The number of carbonyl (C=O) groups excluding carboxylic acids is 1. The highest BCUT2D eigenvalue weighted by Gasteiger charge is 2.11. The Bertz CT molecular complexity index is 1090. The number of carbonyl (C=O) groups is 1. The van der Waals surface area contributed by atoms with Crippen molar-refractivity contribution in [2.75, 3.05) is 17.7 Å². The molecular formula is C20H18N4O2S. The Hall–Kier alpha value is -3.06. The molecule has 2 aromatic heterocycles. The highest BCUT2D eigenvalue weighted by Crippen LogP contribution is 2.23. The van der Waals surface area contributed by atoms with E-state index in [1.807, 2.05) is 72.0 Å². The maximum absolute atomic E-state index is 12.3. The molecule has 1 amide bonds. The predicted octanol–water partition coefficient (Wildman–Crippen LogP) is 4.01. The molecule has 6 nitrogen and oxygen atoms in total. The average Bonchev–Trinajstić information content (AvgIpc) is 3.12. The first-order valence-corrected chi connectivity index (χ1v) is 9.61. The number of anilines is 1. The van der Waals surface area contributed by atoms with Crippen molar-refractivity contribution in [1.29, 1.82) is 0 Å². The number of fused-ring (bicyclic) bond motifs is 3. The third kappa shape index (κ3) is 3.73. The Balaban J connectivity index is 1.47. The molecule has 0 atom stereocenters. The summed E-state index contributed by atoms with van der Waals surface area (Å²) in [5.41, 5.74) is 2.53. The van der Waals surface area contributed by atoms with Gasteiger partial charge in [0.15, 0.2) is 10.8 Å². The van der Waals surface area contributed by atoms with Gasteiger partial charge in [0.2, 0.25) is 5.91 Å². The number of thioether (sulfide) groups is 1. The van der Waals surface area contributed by atoms with Gasteiger partial charge in [-0.1, -0.05) is 30.0 Å². The minimum atomic E-state index is -0.0962. The first kappa shape index (κ1) is 17.4. The van der Waals surface area contributed by atoms with Crippen molar-refractivity contribution in [2.24, 2.45) is 0 Å². The summed E-state index contributed by atoms with van der Waals surface area (Å²) in [6.07, 6.45) is 0. The lowest BCUT2D eigenvalue weighted by molar-refractivity contribution is -0.113. The van der Waals surface area contributed by atoms with Crippen LogP contribution >= 0.6 is 11.8 Å². The van der Waals surface area contributed by atoms with Gasteiger partial charge in [-0.2, -0.15) is 0 Å². The van der Waals surface area contributed by atoms with Crippen molar-refractivity contribution in [3.63, 3.8) is 0 Å². The Morgan fingerprint density at radius 1 is 1.07 bits per heavy atom. The molecule has 0 aliphatic heterocycles. The molecule has 0 fully saturated rings. The van der Waals surface area contributed by atoms with Crippen molar-refractivity contribution >= 4 is 39.9 Å². The van der Waals surface area contributed by atoms with Crippen LogP contribution in [0.1, 0.15) is 6.92 Å². The van der Waals surface area contributed by atoms with E-state index in [0.29, 0.717) is 11.8 Å². The summed E-state index contributed by atoms with van der Waals surface area (Å²) in [6.45, 7) is 2.55. The summed E-state index contributed by atoms with van der Waals surface area (Å²) in [7, 11) is 0. The molecule has 4 rings (SSSR count). The number of benzene rings is 2. The van der Waals surface area contributed by atoms with Gasteiger partial charge in [0.1, 0.15) is 5.75 Å². The van der Waals surface area contributed by atoms with Crippen molar-refractivity contribution in [1.82, 2.24) is 14.6 Å². The van der Waals surface area contributed by atoms with Crippen LogP contribution in [0.25, 0.3) is 16.6 Å². The van der Waals surface area contributed by atoms with Gasteiger partial charge in [-0.25, -0.2) is 0 Å². The first-order chi connectivity index (χ1) is 13.2. The first-order valence-electron chi connectivity index (χ1n) is 8.63. The van der Waals surface area contributed by atoms with Crippen LogP contribution in [0.4, 0.5) is 5.69 Å². The summed E-state index contributed by atoms with van der Waals surface area (Å²) in [5.74, 6) is 0.935. The molecule has 2 aromatic carbocycles. The van der Waals surface area contributed by atoms with Crippen molar-refractivity contribution < 1.29 is 9.53 Å². The van der Waals surface area contributed by atoms with Crippen molar-refractivity contribution in [3.05, 3.63) is 60.7 Å². The summed E-state index contributed by atoms with van der Waals surface area (Å²) in [5, 5.41) is 13.1. The van der Waals surface area contributed by atoms with Crippen LogP contribution in [-0.4, -0.2) is 32.9 Å². The number of nitrogens with one attached hydrogen (secondary N) is 1. The Morgan fingerprint density at radius 3 is 2.70 bits per heavy atom. The maximum atomic E-state index is 12.3. The largest absolute Gasteiger partial charge is 0.494 e. The number of aromatic nitrogens is 3. The Labute approximate surface area is 160 Å². The molecule has 2 heterocycles. The molecule has 7 heteroatoms. The summed E-state index contributed by atoms with van der Waals surface area (Å²) in [6, 6.07) is 19.3. The number of hydrogen-bond acceptors (Lipinski definition) is 5.